The molecule has 3 fully saturated rings. The SMILES string of the molecule is O=C(N[C@@H](CCN1CC2CN(Cc3ccc(Cl)c(Cl)c3)CC2C1)c1ccccc1)C1CCCC1. The van der Waals surface area contributed by atoms with E-state index in [0.29, 0.717) is 10.0 Å². The molecule has 6 heteroatoms. The van der Waals surface area contributed by atoms with Crippen LogP contribution in [0.25, 0.3) is 0 Å². The van der Waals surface area contributed by atoms with Gasteiger partial charge in [0.1, 0.15) is 0 Å². The van der Waals surface area contributed by atoms with Crippen molar-refractivity contribution in [3.05, 3.63) is 69.7 Å². The van der Waals surface area contributed by atoms with Crippen molar-refractivity contribution in [3.8, 4) is 0 Å². The van der Waals surface area contributed by atoms with Gasteiger partial charge in [-0.15, -0.1) is 0 Å². The van der Waals surface area contributed by atoms with Crippen molar-refractivity contribution in [2.24, 2.45) is 17.8 Å². The Morgan fingerprint density at radius 2 is 1.59 bits per heavy atom. The number of rotatable bonds is 8. The van der Waals surface area contributed by atoms with Gasteiger partial charge in [-0.25, -0.2) is 0 Å². The normalized spacial score (nSPS) is 24.4. The molecule has 2 unspecified atom stereocenters. The predicted molar refractivity (Wildman–Crippen MR) is 139 cm³/mol. The fraction of sp³-hybridized carbons (Fsp3) is 0.536. The van der Waals surface area contributed by atoms with E-state index in [-0.39, 0.29) is 17.9 Å². The highest BCUT2D eigenvalue weighted by Gasteiger charge is 2.39. The molecule has 2 heterocycles. The minimum absolute atomic E-state index is 0.0980. The minimum atomic E-state index is 0.0980. The number of fused-ring (bicyclic) bond motifs is 1. The van der Waals surface area contributed by atoms with Crippen LogP contribution in [0.3, 0.4) is 0 Å². The summed E-state index contributed by atoms with van der Waals surface area (Å²) in [5.74, 6) is 1.92. The van der Waals surface area contributed by atoms with E-state index in [1.165, 1.54) is 24.0 Å². The first kappa shape index (κ1) is 24.1. The van der Waals surface area contributed by atoms with Crippen molar-refractivity contribution >= 4 is 29.1 Å². The molecule has 0 aromatic heterocycles. The Hall–Kier alpha value is -1.59. The lowest BCUT2D eigenvalue weighted by molar-refractivity contribution is -0.125. The van der Waals surface area contributed by atoms with E-state index < -0.39 is 0 Å². The summed E-state index contributed by atoms with van der Waals surface area (Å²) in [6.07, 6.45) is 5.43. The van der Waals surface area contributed by atoms with E-state index >= 15 is 0 Å². The Balaban J connectivity index is 1.13. The van der Waals surface area contributed by atoms with Gasteiger partial charge in [0, 0.05) is 45.2 Å². The fourth-order valence-electron chi connectivity index (χ4n) is 6.19. The third-order valence-electron chi connectivity index (χ3n) is 8.01. The van der Waals surface area contributed by atoms with Gasteiger partial charge in [-0.3, -0.25) is 9.69 Å². The summed E-state index contributed by atoms with van der Waals surface area (Å²) < 4.78 is 0. The Morgan fingerprint density at radius 3 is 2.26 bits per heavy atom. The van der Waals surface area contributed by atoms with Crippen LogP contribution < -0.4 is 5.32 Å². The van der Waals surface area contributed by atoms with Crippen molar-refractivity contribution in [1.29, 1.82) is 0 Å². The quantitative estimate of drug-likeness (QED) is 0.498. The molecular weight excluding hydrogens is 465 g/mol. The molecule has 1 aliphatic carbocycles. The first-order chi connectivity index (χ1) is 16.5. The van der Waals surface area contributed by atoms with Gasteiger partial charge < -0.3 is 10.2 Å². The number of amides is 1. The van der Waals surface area contributed by atoms with Gasteiger partial charge >= 0.3 is 0 Å². The van der Waals surface area contributed by atoms with Crippen molar-refractivity contribution < 1.29 is 4.79 Å². The van der Waals surface area contributed by atoms with E-state index in [4.69, 9.17) is 23.2 Å². The third-order valence-corrected chi connectivity index (χ3v) is 8.75. The Kier molecular flexibility index (Phi) is 7.80. The molecule has 1 amide bonds. The third kappa shape index (κ3) is 5.79. The summed E-state index contributed by atoms with van der Waals surface area (Å²) >= 11 is 12.3. The summed E-state index contributed by atoms with van der Waals surface area (Å²) in [6.45, 7) is 6.56. The number of carbonyl (C=O) groups is 1. The molecule has 3 aliphatic rings. The van der Waals surface area contributed by atoms with Gasteiger partial charge in [-0.1, -0.05) is 72.4 Å². The molecule has 182 valence electrons. The van der Waals surface area contributed by atoms with Crippen LogP contribution in [0.2, 0.25) is 10.0 Å². The average Bonchev–Trinajstić information content (AvgIpc) is 3.57. The maximum Gasteiger partial charge on any atom is 0.223 e. The van der Waals surface area contributed by atoms with Gasteiger partial charge in [-0.05, 0) is 54.4 Å². The molecule has 4 nitrogen and oxygen atoms in total. The van der Waals surface area contributed by atoms with E-state index in [2.05, 4.69) is 45.4 Å². The van der Waals surface area contributed by atoms with E-state index in [1.807, 2.05) is 18.2 Å². The standard InChI is InChI=1S/C28H35Cl2N3O/c29-25-11-10-20(14-26(25)30)15-33-18-23-16-32(17-24(23)19-33)13-12-27(21-6-2-1-3-7-21)31-28(34)22-8-4-5-9-22/h1-3,6-7,10-11,14,22-24,27H,4-5,8-9,12-13,15-19H2,(H,31,34)/t23?,24?,27-/m0/s1. The van der Waals surface area contributed by atoms with Crippen molar-refractivity contribution in [3.63, 3.8) is 0 Å². The summed E-state index contributed by atoms with van der Waals surface area (Å²) in [5, 5.41) is 4.65. The molecule has 0 radical (unpaired) electrons. The number of nitrogens with one attached hydrogen (secondary N) is 1. The van der Waals surface area contributed by atoms with Crippen LogP contribution in [0.1, 0.15) is 49.3 Å². The van der Waals surface area contributed by atoms with Crippen LogP contribution in [-0.2, 0) is 11.3 Å². The lowest BCUT2D eigenvalue weighted by atomic mass is 10.0. The van der Waals surface area contributed by atoms with Gasteiger partial charge in [0.15, 0.2) is 0 Å². The maximum atomic E-state index is 12.9. The topological polar surface area (TPSA) is 35.6 Å². The van der Waals surface area contributed by atoms with Crippen LogP contribution >= 0.6 is 23.2 Å². The van der Waals surface area contributed by atoms with Crippen molar-refractivity contribution in [2.75, 3.05) is 32.7 Å². The summed E-state index contributed by atoms with van der Waals surface area (Å²) in [7, 11) is 0. The minimum Gasteiger partial charge on any atom is -0.349 e. The molecule has 1 saturated carbocycles. The summed E-state index contributed by atoms with van der Waals surface area (Å²) in [6, 6.07) is 16.6. The number of halogens is 2. The molecule has 2 aromatic carbocycles. The zero-order chi connectivity index (χ0) is 23.5. The van der Waals surface area contributed by atoms with Gasteiger partial charge in [0.25, 0.3) is 0 Å². The summed E-state index contributed by atoms with van der Waals surface area (Å²) in [4.78, 5) is 18.0. The van der Waals surface area contributed by atoms with Crippen LogP contribution in [0.15, 0.2) is 48.5 Å². The van der Waals surface area contributed by atoms with E-state index in [1.54, 1.807) is 0 Å². The Morgan fingerprint density at radius 1 is 0.912 bits per heavy atom. The molecule has 5 rings (SSSR count). The summed E-state index contributed by atoms with van der Waals surface area (Å²) in [5.41, 5.74) is 2.45. The van der Waals surface area contributed by atoms with Crippen LogP contribution in [0, 0.1) is 17.8 Å². The highest BCUT2D eigenvalue weighted by Crippen LogP contribution is 2.33. The molecule has 2 aromatic rings. The second kappa shape index (κ2) is 11.0. The fourth-order valence-corrected chi connectivity index (χ4v) is 6.51. The zero-order valence-electron chi connectivity index (χ0n) is 19.8. The molecule has 2 aliphatic heterocycles. The van der Waals surface area contributed by atoms with Gasteiger partial charge in [-0.2, -0.15) is 0 Å². The molecule has 34 heavy (non-hydrogen) atoms. The highest BCUT2D eigenvalue weighted by atomic mass is 35.5. The molecule has 3 atom stereocenters. The zero-order valence-corrected chi connectivity index (χ0v) is 21.3. The first-order valence-corrected chi connectivity index (χ1v) is 13.5. The number of hydrogen-bond donors (Lipinski definition) is 1. The van der Waals surface area contributed by atoms with Gasteiger partial charge in [0.05, 0.1) is 16.1 Å². The smallest absolute Gasteiger partial charge is 0.223 e. The second-order valence-corrected chi connectivity index (χ2v) is 11.3. The Labute approximate surface area is 213 Å². The molecule has 0 bridgehead atoms. The number of likely N-dealkylation sites (tertiary alicyclic amines) is 2. The van der Waals surface area contributed by atoms with Crippen LogP contribution in [0.5, 0.6) is 0 Å². The molecular formula is C28H35Cl2N3O. The number of benzene rings is 2. The van der Waals surface area contributed by atoms with Gasteiger partial charge in [0.2, 0.25) is 5.91 Å². The van der Waals surface area contributed by atoms with Crippen LogP contribution in [0.4, 0.5) is 0 Å². The van der Waals surface area contributed by atoms with Crippen LogP contribution in [-0.4, -0.2) is 48.4 Å². The monoisotopic (exact) mass is 499 g/mol. The number of carbonyl (C=O) groups excluding carboxylic acids is 1. The van der Waals surface area contributed by atoms with Crippen molar-refractivity contribution in [2.45, 2.75) is 44.7 Å². The molecule has 0 spiro atoms. The molecule has 1 N–H and O–H groups in total. The number of nitrogens with zero attached hydrogens (tertiary/aromatic N) is 2. The average molecular weight is 501 g/mol. The predicted octanol–water partition coefficient (Wildman–Crippen LogP) is 5.79. The highest BCUT2D eigenvalue weighted by molar-refractivity contribution is 6.42. The lowest BCUT2D eigenvalue weighted by Crippen LogP contribution is -2.36. The van der Waals surface area contributed by atoms with Crippen molar-refractivity contribution in [1.82, 2.24) is 15.1 Å². The second-order valence-electron chi connectivity index (χ2n) is 10.5. The first-order valence-electron chi connectivity index (χ1n) is 12.8. The Bertz CT molecular complexity index is 965. The largest absolute Gasteiger partial charge is 0.349 e. The van der Waals surface area contributed by atoms with E-state index in [9.17, 15) is 4.79 Å². The molecule has 2 saturated heterocycles. The van der Waals surface area contributed by atoms with E-state index in [0.717, 1.165) is 70.4 Å². The number of hydrogen-bond acceptors (Lipinski definition) is 3. The lowest BCUT2D eigenvalue weighted by Gasteiger charge is -2.25. The maximum absolute atomic E-state index is 12.9.